The topological polar surface area (TPSA) is 80.3 Å². The van der Waals surface area contributed by atoms with Gasteiger partial charge < -0.3 is 9.80 Å². The minimum Gasteiger partial charge on any atom is -0.351 e. The lowest BCUT2D eigenvalue weighted by atomic mass is 10.1. The first kappa shape index (κ1) is 20.3. The second-order valence-corrected chi connectivity index (χ2v) is 8.27. The van der Waals surface area contributed by atoms with Crippen molar-refractivity contribution in [3.8, 4) is 22.3 Å². The van der Waals surface area contributed by atoms with Crippen molar-refractivity contribution in [2.45, 2.75) is 0 Å². The van der Waals surface area contributed by atoms with E-state index in [1.54, 1.807) is 41.6 Å². The van der Waals surface area contributed by atoms with Gasteiger partial charge in [0.1, 0.15) is 17.7 Å². The molecule has 0 amide bonds. The maximum absolute atomic E-state index is 14.1. The van der Waals surface area contributed by atoms with Crippen LogP contribution in [0.1, 0.15) is 0 Å². The van der Waals surface area contributed by atoms with Crippen LogP contribution in [-0.4, -0.2) is 60.5 Å². The van der Waals surface area contributed by atoms with Crippen molar-refractivity contribution in [2.24, 2.45) is 7.05 Å². The van der Waals surface area contributed by atoms with Crippen molar-refractivity contribution < 1.29 is 4.39 Å². The van der Waals surface area contributed by atoms with Crippen LogP contribution in [-0.2, 0) is 7.05 Å². The van der Waals surface area contributed by atoms with Crippen LogP contribution in [0.2, 0.25) is 0 Å². The van der Waals surface area contributed by atoms with Crippen molar-refractivity contribution in [3.05, 3.63) is 73.5 Å². The molecule has 6 rings (SSSR count). The van der Waals surface area contributed by atoms with Gasteiger partial charge in [0.05, 0.1) is 6.20 Å². The molecule has 10 heteroatoms. The zero-order valence-corrected chi connectivity index (χ0v) is 18.6. The zero-order valence-electron chi connectivity index (χ0n) is 18.6. The normalized spacial score (nSPS) is 14.2. The van der Waals surface area contributed by atoms with Gasteiger partial charge in [0.15, 0.2) is 5.82 Å². The molecule has 0 spiro atoms. The van der Waals surface area contributed by atoms with Gasteiger partial charge >= 0.3 is 0 Å². The van der Waals surface area contributed by atoms with Crippen LogP contribution in [0, 0.1) is 5.82 Å². The highest BCUT2D eigenvalue weighted by Crippen LogP contribution is 2.28. The molecule has 1 aromatic carbocycles. The summed E-state index contributed by atoms with van der Waals surface area (Å²) in [6.07, 6.45) is 10.8. The number of anilines is 2. The molecule has 4 aromatic heterocycles. The predicted molar refractivity (Wildman–Crippen MR) is 127 cm³/mol. The Balaban J connectivity index is 1.19. The highest BCUT2D eigenvalue weighted by Gasteiger charge is 2.22. The molecule has 9 nitrogen and oxygen atoms in total. The third kappa shape index (κ3) is 3.62. The van der Waals surface area contributed by atoms with Gasteiger partial charge in [-0.1, -0.05) is 18.2 Å². The molecule has 0 unspecified atom stereocenters. The molecule has 1 fully saturated rings. The smallest absolute Gasteiger partial charge is 0.225 e. The molecule has 1 aliphatic heterocycles. The van der Waals surface area contributed by atoms with Gasteiger partial charge in [0.25, 0.3) is 0 Å². The number of hydrogen-bond donors (Lipinski definition) is 0. The molecule has 0 aliphatic carbocycles. The summed E-state index contributed by atoms with van der Waals surface area (Å²) in [4.78, 5) is 18.0. The second-order valence-electron chi connectivity index (χ2n) is 8.27. The van der Waals surface area contributed by atoms with Gasteiger partial charge in [0, 0.05) is 80.3 Å². The highest BCUT2D eigenvalue weighted by atomic mass is 19.1. The van der Waals surface area contributed by atoms with Crippen molar-refractivity contribution in [3.63, 3.8) is 0 Å². The average Bonchev–Trinajstić information content (AvgIpc) is 3.51. The monoisotopic (exact) mass is 455 g/mol. The molecule has 0 atom stereocenters. The summed E-state index contributed by atoms with van der Waals surface area (Å²) in [6, 6.07) is 8.75. The van der Waals surface area contributed by atoms with Gasteiger partial charge in [-0.05, 0) is 12.1 Å². The predicted octanol–water partition coefficient (Wildman–Crippen LogP) is 3.05. The van der Waals surface area contributed by atoms with Crippen molar-refractivity contribution in [2.75, 3.05) is 36.0 Å². The highest BCUT2D eigenvalue weighted by molar-refractivity contribution is 5.77. The van der Waals surface area contributed by atoms with E-state index < -0.39 is 0 Å². The van der Waals surface area contributed by atoms with Crippen LogP contribution in [0.25, 0.3) is 27.8 Å². The number of halogens is 1. The summed E-state index contributed by atoms with van der Waals surface area (Å²) in [5.74, 6) is 1.27. The number of rotatable bonds is 4. The van der Waals surface area contributed by atoms with E-state index >= 15 is 0 Å². The van der Waals surface area contributed by atoms with Gasteiger partial charge in [-0.15, -0.1) is 0 Å². The Morgan fingerprint density at radius 2 is 1.56 bits per heavy atom. The lowest BCUT2D eigenvalue weighted by Crippen LogP contribution is -2.47. The van der Waals surface area contributed by atoms with Gasteiger partial charge in [-0.3, -0.25) is 4.68 Å². The third-order valence-electron chi connectivity index (χ3n) is 6.11. The molecular formula is C24H22FN9. The lowest BCUT2D eigenvalue weighted by Gasteiger charge is -2.35. The number of hydrogen-bond acceptors (Lipinski definition) is 7. The number of aryl methyl sites for hydroxylation is 1. The summed E-state index contributed by atoms with van der Waals surface area (Å²) in [6.45, 7) is 3.06. The van der Waals surface area contributed by atoms with Crippen LogP contribution in [0.4, 0.5) is 16.2 Å². The Morgan fingerprint density at radius 3 is 2.29 bits per heavy atom. The second kappa shape index (κ2) is 8.22. The third-order valence-corrected chi connectivity index (χ3v) is 6.11. The largest absolute Gasteiger partial charge is 0.351 e. The van der Waals surface area contributed by atoms with E-state index in [1.807, 2.05) is 30.2 Å². The molecule has 0 saturated carbocycles. The summed E-state index contributed by atoms with van der Waals surface area (Å²) in [7, 11) is 1.90. The van der Waals surface area contributed by atoms with Crippen LogP contribution in [0.3, 0.4) is 0 Å². The average molecular weight is 456 g/mol. The number of aromatic nitrogens is 7. The number of fused-ring (bicyclic) bond motifs is 1. The molecule has 1 aliphatic rings. The standard InChI is InChI=1S/C24H22FN9/c1-31-14-19(13-29-31)17-10-22-23(28-16-30-34(22)15-17)32-6-8-33(9-7-32)24-26-11-18(12-27-24)20-4-2-3-5-21(20)25/h2-5,10-16H,6-9H2,1H3. The van der Waals surface area contributed by atoms with Crippen LogP contribution < -0.4 is 9.80 Å². The van der Waals surface area contributed by atoms with E-state index in [0.717, 1.165) is 48.6 Å². The fraction of sp³-hybridized carbons (Fsp3) is 0.208. The van der Waals surface area contributed by atoms with Crippen LogP contribution >= 0.6 is 0 Å². The molecule has 0 bridgehead atoms. The summed E-state index contributed by atoms with van der Waals surface area (Å²) < 4.78 is 17.7. The van der Waals surface area contributed by atoms with Crippen LogP contribution in [0.15, 0.2) is 67.6 Å². The SMILES string of the molecule is Cn1cc(-c2cc3c(N4CCN(c5ncc(-c6ccccc6F)cn5)CC4)ncnn3c2)cn1. The van der Waals surface area contributed by atoms with Crippen molar-refractivity contribution >= 4 is 17.3 Å². The maximum Gasteiger partial charge on any atom is 0.225 e. The first-order chi connectivity index (χ1) is 16.7. The maximum atomic E-state index is 14.1. The first-order valence-corrected chi connectivity index (χ1v) is 11.0. The van der Waals surface area contributed by atoms with Crippen molar-refractivity contribution in [1.82, 2.24) is 34.3 Å². The summed E-state index contributed by atoms with van der Waals surface area (Å²) >= 11 is 0. The molecule has 0 N–H and O–H groups in total. The Labute approximate surface area is 195 Å². The lowest BCUT2D eigenvalue weighted by molar-refractivity contribution is 0.629. The zero-order chi connectivity index (χ0) is 23.1. The van der Waals surface area contributed by atoms with E-state index in [4.69, 9.17) is 0 Å². The number of benzene rings is 1. The molecular weight excluding hydrogens is 433 g/mol. The Hall–Kier alpha value is -4.34. The first-order valence-electron chi connectivity index (χ1n) is 11.0. The fourth-order valence-corrected chi connectivity index (χ4v) is 4.33. The molecule has 0 radical (unpaired) electrons. The van der Waals surface area contributed by atoms with Gasteiger partial charge in [-0.2, -0.15) is 10.2 Å². The Morgan fingerprint density at radius 1 is 0.794 bits per heavy atom. The Kier molecular flexibility index (Phi) is 4.90. The van der Waals surface area contributed by atoms with Gasteiger partial charge in [0.2, 0.25) is 5.95 Å². The number of nitrogens with zero attached hydrogens (tertiary/aromatic N) is 9. The van der Waals surface area contributed by atoms with Gasteiger partial charge in [-0.25, -0.2) is 23.9 Å². The minimum atomic E-state index is -0.277. The molecule has 5 heterocycles. The molecule has 34 heavy (non-hydrogen) atoms. The van der Waals surface area contributed by atoms with E-state index in [2.05, 4.69) is 41.0 Å². The summed E-state index contributed by atoms with van der Waals surface area (Å²) in [5, 5.41) is 8.65. The van der Waals surface area contributed by atoms with E-state index in [1.165, 1.54) is 6.07 Å². The Bertz CT molecular complexity index is 1450. The molecule has 170 valence electrons. The minimum absolute atomic E-state index is 0.277. The van der Waals surface area contributed by atoms with Crippen LogP contribution in [0.5, 0.6) is 0 Å². The van der Waals surface area contributed by atoms with E-state index in [0.29, 0.717) is 17.1 Å². The summed E-state index contributed by atoms with van der Waals surface area (Å²) in [5.41, 5.74) is 4.22. The molecule has 1 saturated heterocycles. The fourth-order valence-electron chi connectivity index (χ4n) is 4.33. The van der Waals surface area contributed by atoms with Crippen molar-refractivity contribution in [1.29, 1.82) is 0 Å². The van der Waals surface area contributed by atoms with E-state index in [9.17, 15) is 4.39 Å². The quantitative estimate of drug-likeness (QED) is 0.412. The molecule has 5 aromatic rings. The number of piperazine rings is 1. The van der Waals surface area contributed by atoms with E-state index in [-0.39, 0.29) is 5.82 Å².